The molecule has 0 bridgehead atoms. The lowest BCUT2D eigenvalue weighted by Gasteiger charge is -2.01. The standard InChI is InChI=1S/C14H9Cl2N3O3/c15-7-1-3-9(10(16)5-7)11-4-2-8(22-11)6-17-12-13(20)19-14(21)18-12/h1-6,12H,(H2,18,19,20,21). The van der Waals surface area contributed by atoms with E-state index in [1.165, 1.54) is 6.21 Å². The van der Waals surface area contributed by atoms with Crippen LogP contribution in [0, 0.1) is 0 Å². The molecule has 3 amide bonds. The van der Waals surface area contributed by atoms with Crippen molar-refractivity contribution in [3.8, 4) is 11.3 Å². The van der Waals surface area contributed by atoms with Crippen LogP contribution in [0.2, 0.25) is 10.0 Å². The number of benzene rings is 1. The average Bonchev–Trinajstić information content (AvgIpc) is 3.03. The Kier molecular flexibility index (Phi) is 3.87. The van der Waals surface area contributed by atoms with Gasteiger partial charge in [0.2, 0.25) is 6.17 Å². The molecule has 3 rings (SSSR count). The van der Waals surface area contributed by atoms with E-state index in [0.717, 1.165) is 0 Å². The van der Waals surface area contributed by atoms with Gasteiger partial charge >= 0.3 is 6.03 Å². The van der Waals surface area contributed by atoms with E-state index in [-0.39, 0.29) is 0 Å². The number of hydrogen-bond acceptors (Lipinski definition) is 4. The van der Waals surface area contributed by atoms with Gasteiger partial charge in [-0.05, 0) is 30.3 Å². The first kappa shape index (κ1) is 14.6. The van der Waals surface area contributed by atoms with E-state index in [0.29, 0.717) is 27.1 Å². The molecule has 2 aromatic rings. The number of rotatable bonds is 3. The summed E-state index contributed by atoms with van der Waals surface area (Å²) in [5.74, 6) is 0.465. The Bertz CT molecular complexity index is 785. The monoisotopic (exact) mass is 337 g/mol. The summed E-state index contributed by atoms with van der Waals surface area (Å²) in [6.07, 6.45) is 0.420. The van der Waals surface area contributed by atoms with Crippen LogP contribution < -0.4 is 10.6 Å². The SMILES string of the molecule is O=C1NC(=O)C(N=Cc2ccc(-c3ccc(Cl)cc3Cl)o2)N1. The van der Waals surface area contributed by atoms with Crippen molar-refractivity contribution < 1.29 is 14.0 Å². The molecule has 112 valence electrons. The van der Waals surface area contributed by atoms with E-state index in [2.05, 4.69) is 15.6 Å². The van der Waals surface area contributed by atoms with E-state index in [4.69, 9.17) is 27.6 Å². The number of halogens is 2. The highest BCUT2D eigenvalue weighted by Crippen LogP contribution is 2.31. The number of carbonyl (C=O) groups excluding carboxylic acids is 2. The molecule has 1 aromatic carbocycles. The van der Waals surface area contributed by atoms with Gasteiger partial charge in [0.1, 0.15) is 11.5 Å². The van der Waals surface area contributed by atoms with Crippen molar-refractivity contribution in [2.45, 2.75) is 6.17 Å². The number of carbonyl (C=O) groups is 2. The first-order valence-electron chi connectivity index (χ1n) is 6.23. The number of hydrogen-bond donors (Lipinski definition) is 2. The fourth-order valence-corrected chi connectivity index (χ4v) is 2.42. The van der Waals surface area contributed by atoms with Gasteiger partial charge in [0.05, 0.1) is 11.2 Å². The second kappa shape index (κ2) is 5.82. The highest BCUT2D eigenvalue weighted by molar-refractivity contribution is 6.36. The van der Waals surface area contributed by atoms with Gasteiger partial charge in [-0.1, -0.05) is 23.2 Å². The van der Waals surface area contributed by atoms with Gasteiger partial charge in [-0.2, -0.15) is 0 Å². The number of nitrogens with one attached hydrogen (secondary N) is 2. The molecular formula is C14H9Cl2N3O3. The Labute approximate surface area is 135 Å². The normalized spacial score (nSPS) is 17.8. The first-order chi connectivity index (χ1) is 10.5. The largest absolute Gasteiger partial charge is 0.455 e. The molecule has 0 aliphatic carbocycles. The van der Waals surface area contributed by atoms with Gasteiger partial charge in [0.25, 0.3) is 5.91 Å². The molecule has 1 unspecified atom stereocenters. The number of imide groups is 1. The van der Waals surface area contributed by atoms with Crippen molar-refractivity contribution in [1.29, 1.82) is 0 Å². The van der Waals surface area contributed by atoms with Crippen LogP contribution in [0.1, 0.15) is 5.76 Å². The van der Waals surface area contributed by atoms with E-state index in [9.17, 15) is 9.59 Å². The summed E-state index contributed by atoms with van der Waals surface area (Å²) in [7, 11) is 0. The molecule has 1 aromatic heterocycles. The van der Waals surface area contributed by atoms with E-state index in [1.807, 2.05) is 0 Å². The topological polar surface area (TPSA) is 83.7 Å². The number of aliphatic imine (C=N–C) groups is 1. The van der Waals surface area contributed by atoms with Crippen LogP contribution in [-0.4, -0.2) is 24.3 Å². The molecule has 1 atom stereocenters. The second-order valence-corrected chi connectivity index (χ2v) is 5.31. The Morgan fingerprint density at radius 2 is 2.00 bits per heavy atom. The lowest BCUT2D eigenvalue weighted by molar-refractivity contribution is -0.119. The number of furan rings is 1. The highest BCUT2D eigenvalue weighted by atomic mass is 35.5. The second-order valence-electron chi connectivity index (χ2n) is 4.47. The molecule has 6 nitrogen and oxygen atoms in total. The van der Waals surface area contributed by atoms with Crippen molar-refractivity contribution in [3.05, 3.63) is 46.1 Å². The van der Waals surface area contributed by atoms with Crippen LogP contribution in [0.3, 0.4) is 0 Å². The minimum atomic E-state index is -0.944. The lowest BCUT2D eigenvalue weighted by Crippen LogP contribution is -2.26. The maximum Gasteiger partial charge on any atom is 0.323 e. The zero-order valence-corrected chi connectivity index (χ0v) is 12.5. The van der Waals surface area contributed by atoms with Gasteiger partial charge in [0, 0.05) is 10.6 Å². The van der Waals surface area contributed by atoms with Gasteiger partial charge in [-0.3, -0.25) is 15.1 Å². The average molecular weight is 338 g/mol. The number of amides is 3. The molecule has 1 fully saturated rings. The molecular weight excluding hydrogens is 329 g/mol. The molecule has 0 saturated carbocycles. The summed E-state index contributed by atoms with van der Waals surface area (Å²) >= 11 is 12.0. The smallest absolute Gasteiger partial charge is 0.323 e. The molecule has 1 saturated heterocycles. The molecule has 1 aliphatic heterocycles. The minimum absolute atomic E-state index is 0.426. The van der Waals surface area contributed by atoms with Crippen LogP contribution in [-0.2, 0) is 4.79 Å². The fraction of sp³-hybridized carbons (Fsp3) is 0.0714. The zero-order valence-electron chi connectivity index (χ0n) is 11.0. The van der Waals surface area contributed by atoms with Crippen LogP contribution in [0.15, 0.2) is 39.7 Å². The fourth-order valence-electron chi connectivity index (χ4n) is 1.92. The number of nitrogens with zero attached hydrogens (tertiary/aromatic N) is 1. The van der Waals surface area contributed by atoms with E-state index < -0.39 is 18.1 Å². The summed E-state index contributed by atoms with van der Waals surface area (Å²) in [5.41, 5.74) is 0.692. The molecule has 8 heteroatoms. The molecule has 22 heavy (non-hydrogen) atoms. The van der Waals surface area contributed by atoms with Crippen LogP contribution >= 0.6 is 23.2 Å². The van der Waals surface area contributed by atoms with Gasteiger partial charge in [-0.25, -0.2) is 4.79 Å². The van der Waals surface area contributed by atoms with Crippen LogP contribution in [0.4, 0.5) is 4.79 Å². The summed E-state index contributed by atoms with van der Waals surface area (Å²) in [6, 6.07) is 7.90. The van der Waals surface area contributed by atoms with Crippen molar-refractivity contribution in [2.75, 3.05) is 0 Å². The Morgan fingerprint density at radius 3 is 2.68 bits per heavy atom. The maximum absolute atomic E-state index is 11.3. The third-order valence-corrected chi connectivity index (χ3v) is 3.47. The van der Waals surface area contributed by atoms with Crippen molar-refractivity contribution in [3.63, 3.8) is 0 Å². The third kappa shape index (κ3) is 2.98. The third-order valence-electron chi connectivity index (χ3n) is 2.93. The lowest BCUT2D eigenvalue weighted by atomic mass is 10.2. The highest BCUT2D eigenvalue weighted by Gasteiger charge is 2.28. The number of urea groups is 1. The van der Waals surface area contributed by atoms with Crippen molar-refractivity contribution in [2.24, 2.45) is 4.99 Å². The van der Waals surface area contributed by atoms with Gasteiger partial charge in [-0.15, -0.1) is 0 Å². The van der Waals surface area contributed by atoms with Crippen LogP contribution in [0.5, 0.6) is 0 Å². The van der Waals surface area contributed by atoms with Crippen molar-refractivity contribution in [1.82, 2.24) is 10.6 Å². The van der Waals surface area contributed by atoms with E-state index >= 15 is 0 Å². The first-order valence-corrected chi connectivity index (χ1v) is 6.98. The zero-order chi connectivity index (χ0) is 15.7. The van der Waals surface area contributed by atoms with Crippen molar-refractivity contribution >= 4 is 41.4 Å². The molecule has 0 radical (unpaired) electrons. The molecule has 2 N–H and O–H groups in total. The summed E-state index contributed by atoms with van der Waals surface area (Å²) in [6.45, 7) is 0. The Balaban J connectivity index is 1.79. The molecule has 1 aliphatic rings. The molecule has 2 heterocycles. The van der Waals surface area contributed by atoms with Crippen LogP contribution in [0.25, 0.3) is 11.3 Å². The predicted molar refractivity (Wildman–Crippen MR) is 82.2 cm³/mol. The van der Waals surface area contributed by atoms with E-state index in [1.54, 1.807) is 30.3 Å². The maximum atomic E-state index is 11.3. The van der Waals surface area contributed by atoms with Gasteiger partial charge in [0.15, 0.2) is 0 Å². The minimum Gasteiger partial charge on any atom is -0.455 e. The Hall–Kier alpha value is -2.31. The summed E-state index contributed by atoms with van der Waals surface area (Å²) in [4.78, 5) is 26.3. The molecule has 0 spiro atoms. The Morgan fingerprint density at radius 1 is 1.18 bits per heavy atom. The summed E-state index contributed by atoms with van der Waals surface area (Å²) < 4.78 is 5.59. The van der Waals surface area contributed by atoms with Gasteiger partial charge < -0.3 is 9.73 Å². The predicted octanol–water partition coefficient (Wildman–Crippen LogP) is 2.84. The quantitative estimate of drug-likeness (QED) is 0.667. The summed E-state index contributed by atoms with van der Waals surface area (Å²) in [5, 5.41) is 5.43.